The molecule has 0 aromatic heterocycles. The van der Waals surface area contributed by atoms with Crippen molar-refractivity contribution >= 4 is 17.6 Å². The second kappa shape index (κ2) is 80.6. The fourth-order valence-corrected chi connectivity index (χ4v) is 18.7. The summed E-state index contributed by atoms with van der Waals surface area (Å²) >= 11 is 0. The van der Waals surface area contributed by atoms with Crippen LogP contribution in [0.3, 0.4) is 0 Å². The maximum Gasteiger partial charge on any atom is 0.506 e. The Morgan fingerprint density at radius 3 is 0.636 bits per heavy atom. The number of unbranched alkanes of at least 4 members (excludes halogenated alkanes) is 40. The molecule has 0 bridgehead atoms. The van der Waals surface area contributed by atoms with Crippen LogP contribution in [-0.2, 0) is 36.2 Å². The number of hydrogen-bond donors (Lipinski definition) is 0. The highest BCUT2D eigenvalue weighted by atomic mass is 35.5. The molecular weight excluding hydrogens is 1300 g/mol. The molecule has 0 N–H and O–H groups in total. The van der Waals surface area contributed by atoms with Crippen LogP contribution in [0.15, 0.2) is 24.3 Å². The molecule has 0 rings (SSSR count). The van der Waals surface area contributed by atoms with Crippen LogP contribution in [0.1, 0.15) is 424 Å². The van der Waals surface area contributed by atoms with Crippen LogP contribution in [0.4, 0.5) is 0 Å². The lowest BCUT2D eigenvalue weighted by Crippen LogP contribution is -3.00. The van der Waals surface area contributed by atoms with Crippen molar-refractivity contribution in [3.63, 3.8) is 0 Å². The molecule has 0 saturated carbocycles. The fourth-order valence-electron chi connectivity index (χ4n) is 13.5. The quantitative estimate of drug-likeness (QED) is 0.0196. The predicted molar refractivity (Wildman–Crippen MR) is 432 cm³/mol. The number of quaternary nitrogens is 2. The monoisotopic (exact) mass is 1480 g/mol. The van der Waals surface area contributed by atoms with E-state index in [9.17, 15) is 0 Å². The molecule has 0 aromatic rings. The molecule has 0 radical (unpaired) electrons. The van der Waals surface area contributed by atoms with Crippen molar-refractivity contribution in [1.29, 1.82) is 0 Å². The fraction of sp³-hybridized carbons (Fsp3) is 0.953. The van der Waals surface area contributed by atoms with Crippen molar-refractivity contribution in [2.75, 3.05) is 81.0 Å². The zero-order valence-electron chi connectivity index (χ0n) is 70.3. The number of allylic oxidation sites excluding steroid dienone is 4. The molecule has 0 saturated heterocycles. The first-order valence-corrected chi connectivity index (χ1v) is 46.8. The smallest absolute Gasteiger partial charge is 0.506 e. The minimum atomic E-state index is -2.80. The van der Waals surface area contributed by atoms with E-state index in [0.717, 1.165) is 12.8 Å². The van der Waals surface area contributed by atoms with E-state index in [1.807, 2.05) is 41.5 Å². The van der Waals surface area contributed by atoms with Gasteiger partial charge in [-0.05, 0) is 92.9 Å². The maximum atomic E-state index is 6.73. The highest BCUT2D eigenvalue weighted by Gasteiger charge is 2.49. The SMILES string of the molecule is CCC.CCCCCCCCCCC=CCCC(CCCCCCCCCCCCCCC)[N+](C)(C)OCC(C)[Si](OCC)(OCC)OCC.CCCCCCCCCCC=CCCC(CCCCCCCCCCCCCCC)[N+](C)(C)OCC(C)[Si](OCC)(OCC)OCC.[Cl-].[Cl-]. The second-order valence-electron chi connectivity index (χ2n) is 29.8. The lowest BCUT2D eigenvalue weighted by Gasteiger charge is -2.38. The average molecular weight is 1490 g/mol. The van der Waals surface area contributed by atoms with E-state index in [0.29, 0.717) is 74.2 Å². The van der Waals surface area contributed by atoms with Crippen LogP contribution >= 0.6 is 0 Å². The largest absolute Gasteiger partial charge is 1.00 e. The molecule has 0 aliphatic carbocycles. The van der Waals surface area contributed by atoms with E-state index in [2.05, 4.69) is 108 Å². The number of hydroxylamine groups is 6. The van der Waals surface area contributed by atoms with Gasteiger partial charge in [-0.25, -0.2) is 9.68 Å². The van der Waals surface area contributed by atoms with Gasteiger partial charge in [-0.2, -0.15) is 9.29 Å². The first-order valence-electron chi connectivity index (χ1n) is 43.2. The lowest BCUT2D eigenvalue weighted by molar-refractivity contribution is -1.10. The van der Waals surface area contributed by atoms with Gasteiger partial charge in [0.25, 0.3) is 0 Å². The van der Waals surface area contributed by atoms with Crippen LogP contribution in [-0.4, -0.2) is 120 Å². The summed E-state index contributed by atoms with van der Waals surface area (Å²) < 4.78 is 38.4. The van der Waals surface area contributed by atoms with Crippen LogP contribution in [0.5, 0.6) is 0 Å². The maximum absolute atomic E-state index is 6.73. The Kier molecular flexibility index (Phi) is 87.7. The normalized spacial score (nSPS) is 13.4. The molecule has 0 aromatic carbocycles. The number of nitrogens with zero attached hydrogens (tertiary/aromatic N) is 2. The predicted octanol–water partition coefficient (Wildman–Crippen LogP) is 21.7. The van der Waals surface area contributed by atoms with Gasteiger partial charge >= 0.3 is 17.6 Å². The molecule has 0 fully saturated rings. The summed E-state index contributed by atoms with van der Waals surface area (Å²) in [6.45, 7) is 34.7. The standard InChI is InChI=1S/2C41H86NO4Si.C3H8.2ClH/c2*1-9-14-16-18-20-22-24-26-28-30-32-34-36-38-41(37-35-33-31-29-27-25-23-21-19-17-15-10-2)42(7,8)43-39-40(6)47(44-11-3,45-12-4)46-13-5;1-3-2;;/h2*31,33,40-41H,9-30,32,34-39H2,1-8H3;3H2,1-2H3;2*1H/q2*+1;;;/p-2. The Hall–Kier alpha value is 0.0938. The van der Waals surface area contributed by atoms with Gasteiger partial charge in [-0.3, -0.25) is 0 Å². The van der Waals surface area contributed by atoms with E-state index in [1.165, 1.54) is 315 Å². The van der Waals surface area contributed by atoms with Gasteiger partial charge in [0.2, 0.25) is 0 Å². The molecule has 0 heterocycles. The Bertz CT molecular complexity index is 1460. The molecule has 0 amide bonds. The summed E-state index contributed by atoms with van der Waals surface area (Å²) in [5, 5.41) is 0. The summed E-state index contributed by atoms with van der Waals surface area (Å²) in [4.78, 5) is 13.5. The van der Waals surface area contributed by atoms with Gasteiger partial charge in [-0.1, -0.05) is 330 Å². The second-order valence-corrected chi connectivity index (χ2v) is 35.9. The van der Waals surface area contributed by atoms with Crippen LogP contribution in [0, 0.1) is 0 Å². The molecule has 600 valence electrons. The highest BCUT2D eigenvalue weighted by Crippen LogP contribution is 2.32. The van der Waals surface area contributed by atoms with Gasteiger partial charge < -0.3 is 51.4 Å². The minimum Gasteiger partial charge on any atom is -1.00 e. The summed E-state index contributed by atoms with van der Waals surface area (Å²) in [6.07, 6.45) is 79.1. The molecule has 4 atom stereocenters. The lowest BCUT2D eigenvalue weighted by atomic mass is 10.00. The summed E-state index contributed by atoms with van der Waals surface area (Å²) in [5.41, 5.74) is 0.173. The number of rotatable bonds is 74. The van der Waals surface area contributed by atoms with Gasteiger partial charge in [0.15, 0.2) is 0 Å². The van der Waals surface area contributed by atoms with Crippen LogP contribution < -0.4 is 24.8 Å². The van der Waals surface area contributed by atoms with Gasteiger partial charge in [-0.15, -0.1) is 0 Å². The zero-order valence-corrected chi connectivity index (χ0v) is 73.8. The first-order chi connectivity index (χ1) is 47.1. The first kappa shape index (κ1) is 108. The van der Waals surface area contributed by atoms with Crippen molar-refractivity contribution in [2.24, 2.45) is 0 Å². The molecule has 0 aliphatic heterocycles. The number of halogens is 2. The van der Waals surface area contributed by atoms with Crippen LogP contribution in [0.25, 0.3) is 0 Å². The molecule has 0 spiro atoms. The van der Waals surface area contributed by atoms with E-state index in [1.54, 1.807) is 0 Å². The van der Waals surface area contributed by atoms with Crippen molar-refractivity contribution in [1.82, 2.24) is 0 Å². The molecule has 14 heteroatoms. The third-order valence-electron chi connectivity index (χ3n) is 19.8. The van der Waals surface area contributed by atoms with E-state index in [4.69, 9.17) is 36.2 Å². The Balaban J connectivity index is -0.000000561. The van der Waals surface area contributed by atoms with E-state index in [-0.39, 0.29) is 35.9 Å². The average Bonchev–Trinajstić information content (AvgIpc) is 0.862. The topological polar surface area (TPSA) is 73.8 Å². The molecular formula is C85H180Cl2N2O8Si2. The molecule has 4 unspecified atom stereocenters. The minimum absolute atomic E-state index is 0. The molecule has 99 heavy (non-hydrogen) atoms. The Labute approximate surface area is 637 Å². The highest BCUT2D eigenvalue weighted by molar-refractivity contribution is 6.62. The third-order valence-corrected chi connectivity index (χ3v) is 26.6. The summed E-state index contributed by atoms with van der Waals surface area (Å²) in [5.74, 6) is 0. The van der Waals surface area contributed by atoms with Crippen LogP contribution in [0.2, 0.25) is 11.1 Å². The van der Waals surface area contributed by atoms with Crippen molar-refractivity contribution in [3.05, 3.63) is 24.3 Å². The Morgan fingerprint density at radius 2 is 0.434 bits per heavy atom. The molecule has 10 nitrogen and oxygen atoms in total. The van der Waals surface area contributed by atoms with Gasteiger partial charge in [0, 0.05) is 65.3 Å². The van der Waals surface area contributed by atoms with Crippen molar-refractivity contribution in [2.45, 2.75) is 448 Å². The van der Waals surface area contributed by atoms with Crippen molar-refractivity contribution < 1.29 is 70.3 Å². The summed E-state index contributed by atoms with van der Waals surface area (Å²) in [6, 6.07) is 0.954. The van der Waals surface area contributed by atoms with Gasteiger partial charge in [0.05, 0.1) is 39.3 Å². The van der Waals surface area contributed by atoms with Gasteiger partial charge in [0.1, 0.15) is 25.3 Å². The van der Waals surface area contributed by atoms with E-state index >= 15 is 0 Å². The Morgan fingerprint density at radius 1 is 0.253 bits per heavy atom. The zero-order chi connectivity index (χ0) is 72.5. The van der Waals surface area contributed by atoms with E-state index < -0.39 is 17.6 Å². The summed E-state index contributed by atoms with van der Waals surface area (Å²) in [7, 11) is 3.44. The molecule has 0 aliphatic rings. The third kappa shape index (κ3) is 64.9. The number of hydrogen-bond acceptors (Lipinski definition) is 8. The van der Waals surface area contributed by atoms with Crippen molar-refractivity contribution in [3.8, 4) is 0 Å².